The molecule has 2 N–H and O–H groups in total. The first kappa shape index (κ1) is 11.9. The van der Waals surface area contributed by atoms with Crippen LogP contribution in [0.25, 0.3) is 0 Å². The summed E-state index contributed by atoms with van der Waals surface area (Å²) in [5, 5.41) is 0. The molecule has 1 fully saturated rings. The maximum absolute atomic E-state index is 12.1. The summed E-state index contributed by atoms with van der Waals surface area (Å²) in [6, 6.07) is 7.17. The zero-order valence-corrected chi connectivity index (χ0v) is 10.1. The Morgan fingerprint density at radius 2 is 2.24 bits per heavy atom. The summed E-state index contributed by atoms with van der Waals surface area (Å²) in [7, 11) is 1.62. The molecule has 0 spiro atoms. The molecule has 0 aliphatic carbocycles. The van der Waals surface area contributed by atoms with Crippen molar-refractivity contribution >= 4 is 11.6 Å². The van der Waals surface area contributed by atoms with E-state index >= 15 is 0 Å². The molecular formula is C13H18N2O2. The Kier molecular flexibility index (Phi) is 3.64. The first-order chi connectivity index (χ1) is 8.22. The quantitative estimate of drug-likeness (QED) is 0.844. The Bertz CT molecular complexity index is 406. The molecule has 4 heteroatoms. The summed E-state index contributed by atoms with van der Waals surface area (Å²) in [6.45, 7) is 0.736. The van der Waals surface area contributed by atoms with Crippen molar-refractivity contribution in [2.75, 3.05) is 18.6 Å². The van der Waals surface area contributed by atoms with Gasteiger partial charge in [0.15, 0.2) is 0 Å². The van der Waals surface area contributed by atoms with Crippen LogP contribution in [0.15, 0.2) is 24.3 Å². The molecule has 1 aromatic rings. The van der Waals surface area contributed by atoms with Crippen molar-refractivity contribution in [2.45, 2.75) is 25.3 Å². The van der Waals surface area contributed by atoms with E-state index in [1.165, 1.54) is 0 Å². The molecule has 1 aromatic carbocycles. The van der Waals surface area contributed by atoms with Crippen LogP contribution in [0, 0.1) is 0 Å². The van der Waals surface area contributed by atoms with Gasteiger partial charge in [0.2, 0.25) is 5.91 Å². The molecule has 0 bridgehead atoms. The normalized spacial score (nSPS) is 21.2. The number of nitrogens with zero attached hydrogens (tertiary/aromatic N) is 1. The minimum Gasteiger partial charge on any atom is -0.497 e. The number of methoxy groups -OCH3 is 1. The lowest BCUT2D eigenvalue weighted by molar-refractivity contribution is -0.119. The van der Waals surface area contributed by atoms with Crippen LogP contribution in [-0.2, 0) is 4.79 Å². The van der Waals surface area contributed by atoms with Gasteiger partial charge in [-0.2, -0.15) is 0 Å². The van der Waals surface area contributed by atoms with Crippen LogP contribution in [0.1, 0.15) is 19.3 Å². The number of anilines is 1. The van der Waals surface area contributed by atoms with Crippen molar-refractivity contribution in [3.05, 3.63) is 24.3 Å². The Balaban J connectivity index is 2.26. The van der Waals surface area contributed by atoms with Crippen LogP contribution in [-0.4, -0.2) is 25.6 Å². The summed E-state index contributed by atoms with van der Waals surface area (Å²) in [5.41, 5.74) is 6.72. The van der Waals surface area contributed by atoms with E-state index in [0.717, 1.165) is 37.2 Å². The summed E-state index contributed by atoms with van der Waals surface area (Å²) in [5.74, 6) is 0.767. The molecular weight excluding hydrogens is 216 g/mol. The fourth-order valence-electron chi connectivity index (χ4n) is 2.10. The minimum absolute atomic E-state index is 0.00996. The fraction of sp³-hybridized carbons (Fsp3) is 0.462. The summed E-state index contributed by atoms with van der Waals surface area (Å²) in [6.07, 6.45) is 2.78. The maximum atomic E-state index is 12.1. The van der Waals surface area contributed by atoms with Crippen LogP contribution < -0.4 is 15.4 Å². The lowest BCUT2D eigenvalue weighted by Crippen LogP contribution is -2.42. The molecule has 1 aliphatic rings. The number of hydrogen-bond acceptors (Lipinski definition) is 3. The third-order valence-corrected chi connectivity index (χ3v) is 3.10. The highest BCUT2D eigenvalue weighted by atomic mass is 16.5. The molecule has 0 aromatic heterocycles. The molecule has 1 amide bonds. The summed E-state index contributed by atoms with van der Waals surface area (Å²) >= 11 is 0. The monoisotopic (exact) mass is 234 g/mol. The number of carbonyl (C=O) groups is 1. The van der Waals surface area contributed by atoms with Crippen molar-refractivity contribution in [2.24, 2.45) is 5.73 Å². The molecule has 0 radical (unpaired) electrons. The highest BCUT2D eigenvalue weighted by Gasteiger charge is 2.24. The van der Waals surface area contributed by atoms with Gasteiger partial charge in [-0.05, 0) is 31.4 Å². The molecule has 1 saturated heterocycles. The maximum Gasteiger partial charge on any atom is 0.243 e. The number of rotatable bonds is 2. The topological polar surface area (TPSA) is 55.6 Å². The molecule has 1 aliphatic heterocycles. The largest absolute Gasteiger partial charge is 0.497 e. The molecule has 1 heterocycles. The summed E-state index contributed by atoms with van der Waals surface area (Å²) < 4.78 is 5.17. The number of carbonyl (C=O) groups excluding carboxylic acids is 1. The standard InChI is InChI=1S/C13H18N2O2/c1-17-11-6-4-5-10(9-11)15-8-3-2-7-12(14)13(15)16/h4-6,9,12H,2-3,7-8,14H2,1H3/t12-/m0/s1. The van der Waals surface area contributed by atoms with Gasteiger partial charge in [-0.1, -0.05) is 6.07 Å². The Labute approximate surface area is 101 Å². The number of benzene rings is 1. The Morgan fingerprint density at radius 1 is 1.41 bits per heavy atom. The van der Waals surface area contributed by atoms with Crippen LogP contribution in [0.5, 0.6) is 5.75 Å². The van der Waals surface area contributed by atoms with Gasteiger partial charge in [-0.15, -0.1) is 0 Å². The van der Waals surface area contributed by atoms with E-state index in [9.17, 15) is 4.79 Å². The number of ether oxygens (including phenoxy) is 1. The molecule has 1 atom stereocenters. The second kappa shape index (κ2) is 5.19. The second-order valence-corrected chi connectivity index (χ2v) is 4.29. The molecule has 4 nitrogen and oxygen atoms in total. The predicted octanol–water partition coefficient (Wildman–Crippen LogP) is 1.54. The predicted molar refractivity (Wildman–Crippen MR) is 67.2 cm³/mol. The van der Waals surface area contributed by atoms with Gasteiger partial charge in [0, 0.05) is 18.3 Å². The highest BCUT2D eigenvalue weighted by Crippen LogP contribution is 2.24. The van der Waals surface area contributed by atoms with E-state index in [2.05, 4.69) is 0 Å². The number of amides is 1. The van der Waals surface area contributed by atoms with Crippen LogP contribution >= 0.6 is 0 Å². The Hall–Kier alpha value is -1.55. The van der Waals surface area contributed by atoms with E-state index in [1.54, 1.807) is 12.0 Å². The number of hydrogen-bond donors (Lipinski definition) is 1. The van der Waals surface area contributed by atoms with Crippen LogP contribution in [0.2, 0.25) is 0 Å². The van der Waals surface area contributed by atoms with Gasteiger partial charge in [0.1, 0.15) is 5.75 Å². The first-order valence-corrected chi connectivity index (χ1v) is 5.93. The zero-order valence-electron chi connectivity index (χ0n) is 10.1. The van der Waals surface area contributed by atoms with Gasteiger partial charge in [-0.3, -0.25) is 4.79 Å². The SMILES string of the molecule is COc1cccc(N2CCCC[C@H](N)C2=O)c1. The first-order valence-electron chi connectivity index (χ1n) is 5.93. The molecule has 0 unspecified atom stereocenters. The van der Waals surface area contributed by atoms with E-state index in [0.29, 0.717) is 0 Å². The third kappa shape index (κ3) is 2.58. The molecule has 17 heavy (non-hydrogen) atoms. The molecule has 92 valence electrons. The highest BCUT2D eigenvalue weighted by molar-refractivity contribution is 5.97. The van der Waals surface area contributed by atoms with Gasteiger partial charge < -0.3 is 15.4 Å². The lowest BCUT2D eigenvalue weighted by Gasteiger charge is -2.23. The van der Waals surface area contributed by atoms with Crippen molar-refractivity contribution < 1.29 is 9.53 Å². The average Bonchev–Trinajstić information content (AvgIpc) is 2.53. The fourth-order valence-corrected chi connectivity index (χ4v) is 2.10. The van der Waals surface area contributed by atoms with Crippen LogP contribution in [0.4, 0.5) is 5.69 Å². The van der Waals surface area contributed by atoms with Crippen molar-refractivity contribution in [1.82, 2.24) is 0 Å². The minimum atomic E-state index is -0.372. The molecule has 0 saturated carbocycles. The van der Waals surface area contributed by atoms with E-state index in [4.69, 9.17) is 10.5 Å². The van der Waals surface area contributed by atoms with Gasteiger partial charge in [-0.25, -0.2) is 0 Å². The smallest absolute Gasteiger partial charge is 0.243 e. The van der Waals surface area contributed by atoms with E-state index < -0.39 is 0 Å². The zero-order chi connectivity index (χ0) is 12.3. The van der Waals surface area contributed by atoms with Crippen molar-refractivity contribution in [3.8, 4) is 5.75 Å². The van der Waals surface area contributed by atoms with Gasteiger partial charge >= 0.3 is 0 Å². The third-order valence-electron chi connectivity index (χ3n) is 3.10. The van der Waals surface area contributed by atoms with Gasteiger partial charge in [0.05, 0.1) is 13.2 Å². The van der Waals surface area contributed by atoms with Crippen molar-refractivity contribution in [3.63, 3.8) is 0 Å². The number of nitrogens with two attached hydrogens (primary N) is 1. The average molecular weight is 234 g/mol. The summed E-state index contributed by atoms with van der Waals surface area (Å²) in [4.78, 5) is 13.9. The molecule has 2 rings (SSSR count). The Morgan fingerprint density at radius 3 is 3.00 bits per heavy atom. The lowest BCUT2D eigenvalue weighted by atomic mass is 10.1. The second-order valence-electron chi connectivity index (χ2n) is 4.29. The van der Waals surface area contributed by atoms with Gasteiger partial charge in [0.25, 0.3) is 0 Å². The van der Waals surface area contributed by atoms with Crippen molar-refractivity contribution in [1.29, 1.82) is 0 Å². The van der Waals surface area contributed by atoms with E-state index in [1.807, 2.05) is 24.3 Å². The van der Waals surface area contributed by atoms with E-state index in [-0.39, 0.29) is 11.9 Å². The van der Waals surface area contributed by atoms with Crippen LogP contribution in [0.3, 0.4) is 0 Å².